The monoisotopic (exact) mass is 297 g/mol. The summed E-state index contributed by atoms with van der Waals surface area (Å²) in [6.07, 6.45) is 0. The minimum Gasteiger partial charge on any atom is -0.306 e. The van der Waals surface area contributed by atoms with Crippen molar-refractivity contribution in [1.82, 2.24) is 5.32 Å². The lowest BCUT2D eigenvalue weighted by Crippen LogP contribution is -2.25. The van der Waals surface area contributed by atoms with Crippen LogP contribution in [-0.4, -0.2) is 6.54 Å². The van der Waals surface area contributed by atoms with Gasteiger partial charge in [0.15, 0.2) is 11.6 Å². The highest BCUT2D eigenvalue weighted by atomic mass is 19.2. The smallest absolute Gasteiger partial charge is 0.164 e. The van der Waals surface area contributed by atoms with Gasteiger partial charge in [0.1, 0.15) is 11.6 Å². The van der Waals surface area contributed by atoms with Crippen molar-refractivity contribution in [3.05, 3.63) is 70.3 Å². The first-order chi connectivity index (χ1) is 9.97. The van der Waals surface area contributed by atoms with Crippen molar-refractivity contribution in [1.29, 1.82) is 0 Å². The van der Waals surface area contributed by atoms with Crippen LogP contribution in [0.3, 0.4) is 0 Å². The van der Waals surface area contributed by atoms with Crippen molar-refractivity contribution < 1.29 is 17.6 Å². The SMILES string of the molecule is CCNC(c1ccc(C)c(F)c1F)c1c(F)cccc1F. The van der Waals surface area contributed by atoms with Gasteiger partial charge in [0.2, 0.25) is 0 Å². The Kier molecular flexibility index (Phi) is 4.63. The van der Waals surface area contributed by atoms with Crippen LogP contribution < -0.4 is 5.32 Å². The molecule has 0 aromatic heterocycles. The van der Waals surface area contributed by atoms with Crippen LogP contribution >= 0.6 is 0 Å². The molecule has 21 heavy (non-hydrogen) atoms. The quantitative estimate of drug-likeness (QED) is 0.832. The summed E-state index contributed by atoms with van der Waals surface area (Å²) in [5.41, 5.74) is -0.300. The summed E-state index contributed by atoms with van der Waals surface area (Å²) in [5.74, 6) is -3.71. The van der Waals surface area contributed by atoms with Crippen molar-refractivity contribution in [2.24, 2.45) is 0 Å². The zero-order valence-electron chi connectivity index (χ0n) is 11.7. The molecule has 2 aromatic rings. The van der Waals surface area contributed by atoms with Gasteiger partial charge < -0.3 is 5.32 Å². The summed E-state index contributed by atoms with van der Waals surface area (Å²) >= 11 is 0. The van der Waals surface area contributed by atoms with Gasteiger partial charge in [-0.05, 0) is 31.2 Å². The Morgan fingerprint density at radius 2 is 1.57 bits per heavy atom. The van der Waals surface area contributed by atoms with Crippen LogP contribution in [0.15, 0.2) is 30.3 Å². The van der Waals surface area contributed by atoms with E-state index < -0.39 is 29.3 Å². The average Bonchev–Trinajstić information content (AvgIpc) is 2.44. The first-order valence-corrected chi connectivity index (χ1v) is 6.59. The van der Waals surface area contributed by atoms with E-state index in [0.29, 0.717) is 6.54 Å². The van der Waals surface area contributed by atoms with E-state index in [1.54, 1.807) is 6.92 Å². The highest BCUT2D eigenvalue weighted by molar-refractivity contribution is 5.36. The molecular formula is C16H15F4N. The van der Waals surface area contributed by atoms with Gasteiger partial charge >= 0.3 is 0 Å². The number of hydrogen-bond acceptors (Lipinski definition) is 1. The summed E-state index contributed by atoms with van der Waals surface area (Å²) in [5, 5.41) is 2.80. The third-order valence-electron chi connectivity index (χ3n) is 3.31. The molecule has 0 aliphatic rings. The van der Waals surface area contributed by atoms with E-state index in [2.05, 4.69) is 5.32 Å². The fourth-order valence-electron chi connectivity index (χ4n) is 2.24. The highest BCUT2D eigenvalue weighted by Gasteiger charge is 2.25. The molecule has 112 valence electrons. The van der Waals surface area contributed by atoms with Crippen LogP contribution in [0.2, 0.25) is 0 Å². The lowest BCUT2D eigenvalue weighted by Gasteiger charge is -2.21. The number of aryl methyl sites for hydroxylation is 1. The largest absolute Gasteiger partial charge is 0.306 e. The second-order valence-corrected chi connectivity index (χ2v) is 4.73. The Hall–Kier alpha value is -1.88. The van der Waals surface area contributed by atoms with Crippen molar-refractivity contribution in [3.63, 3.8) is 0 Å². The molecule has 0 saturated heterocycles. The first-order valence-electron chi connectivity index (χ1n) is 6.59. The lowest BCUT2D eigenvalue weighted by atomic mass is 9.96. The highest BCUT2D eigenvalue weighted by Crippen LogP contribution is 2.30. The maximum atomic E-state index is 14.1. The van der Waals surface area contributed by atoms with E-state index in [1.807, 2.05) is 0 Å². The molecule has 2 rings (SSSR count). The molecule has 1 nitrogen and oxygen atoms in total. The van der Waals surface area contributed by atoms with Crippen molar-refractivity contribution >= 4 is 0 Å². The minimum atomic E-state index is -1.09. The molecule has 0 aliphatic carbocycles. The average molecular weight is 297 g/mol. The van der Waals surface area contributed by atoms with Gasteiger partial charge in [0, 0.05) is 11.1 Å². The van der Waals surface area contributed by atoms with Gasteiger partial charge in [-0.25, -0.2) is 17.6 Å². The molecule has 0 aliphatic heterocycles. The normalized spacial score (nSPS) is 12.5. The second kappa shape index (κ2) is 6.26. The van der Waals surface area contributed by atoms with Crippen LogP contribution in [0.4, 0.5) is 17.6 Å². The molecule has 0 radical (unpaired) electrons. The van der Waals surface area contributed by atoms with Crippen LogP contribution in [-0.2, 0) is 0 Å². The van der Waals surface area contributed by atoms with E-state index in [9.17, 15) is 17.6 Å². The van der Waals surface area contributed by atoms with E-state index in [4.69, 9.17) is 0 Å². The Morgan fingerprint density at radius 1 is 0.952 bits per heavy atom. The molecule has 0 amide bonds. The standard InChI is InChI=1S/C16H15F4N/c1-3-21-16(13-11(17)5-4-6-12(13)18)10-8-7-9(2)14(19)15(10)20/h4-8,16,21H,3H2,1-2H3. The molecule has 1 unspecified atom stereocenters. The van der Waals surface area contributed by atoms with E-state index in [0.717, 1.165) is 12.1 Å². The molecule has 2 aromatic carbocycles. The predicted octanol–water partition coefficient (Wildman–Crippen LogP) is 4.25. The molecule has 1 atom stereocenters. The van der Waals surface area contributed by atoms with Crippen LogP contribution in [0.25, 0.3) is 0 Å². The number of benzene rings is 2. The molecule has 0 heterocycles. The Bertz CT molecular complexity index is 635. The summed E-state index contributed by atoms with van der Waals surface area (Å²) in [7, 11) is 0. The lowest BCUT2D eigenvalue weighted by molar-refractivity contribution is 0.463. The van der Waals surface area contributed by atoms with E-state index in [1.165, 1.54) is 25.1 Å². The number of halogens is 4. The maximum Gasteiger partial charge on any atom is 0.164 e. The fourth-order valence-corrected chi connectivity index (χ4v) is 2.24. The Labute approximate surface area is 120 Å². The fraction of sp³-hybridized carbons (Fsp3) is 0.250. The minimum absolute atomic E-state index is 0.121. The third kappa shape index (κ3) is 2.93. The Morgan fingerprint density at radius 3 is 2.14 bits per heavy atom. The number of rotatable bonds is 4. The molecule has 1 N–H and O–H groups in total. The zero-order valence-corrected chi connectivity index (χ0v) is 11.7. The van der Waals surface area contributed by atoms with Gasteiger partial charge in [-0.3, -0.25) is 0 Å². The molecule has 0 bridgehead atoms. The zero-order chi connectivity index (χ0) is 15.6. The van der Waals surface area contributed by atoms with Gasteiger partial charge in [-0.1, -0.05) is 25.1 Å². The van der Waals surface area contributed by atoms with Crippen LogP contribution in [0.1, 0.15) is 29.7 Å². The summed E-state index contributed by atoms with van der Waals surface area (Å²) < 4.78 is 55.7. The van der Waals surface area contributed by atoms with Crippen LogP contribution in [0.5, 0.6) is 0 Å². The van der Waals surface area contributed by atoms with Gasteiger partial charge in [0.25, 0.3) is 0 Å². The summed E-state index contributed by atoms with van der Waals surface area (Å²) in [6.45, 7) is 3.48. The number of hydrogen-bond donors (Lipinski definition) is 1. The van der Waals surface area contributed by atoms with Crippen molar-refractivity contribution in [2.45, 2.75) is 19.9 Å². The van der Waals surface area contributed by atoms with Gasteiger partial charge in [-0.2, -0.15) is 0 Å². The molecule has 0 fully saturated rings. The van der Waals surface area contributed by atoms with E-state index >= 15 is 0 Å². The maximum absolute atomic E-state index is 14.1. The van der Waals surface area contributed by atoms with Gasteiger partial charge in [-0.15, -0.1) is 0 Å². The third-order valence-corrected chi connectivity index (χ3v) is 3.31. The first kappa shape index (κ1) is 15.5. The topological polar surface area (TPSA) is 12.0 Å². The predicted molar refractivity (Wildman–Crippen MR) is 73.0 cm³/mol. The molecule has 0 spiro atoms. The Balaban J connectivity index is 2.62. The van der Waals surface area contributed by atoms with Gasteiger partial charge in [0.05, 0.1) is 6.04 Å². The van der Waals surface area contributed by atoms with Crippen molar-refractivity contribution in [2.75, 3.05) is 6.54 Å². The summed E-state index contributed by atoms with van der Waals surface area (Å²) in [6, 6.07) is 5.04. The van der Waals surface area contributed by atoms with Crippen molar-refractivity contribution in [3.8, 4) is 0 Å². The van der Waals surface area contributed by atoms with E-state index in [-0.39, 0.29) is 16.7 Å². The second-order valence-electron chi connectivity index (χ2n) is 4.73. The molecule has 5 heteroatoms. The molecular weight excluding hydrogens is 282 g/mol. The molecule has 0 saturated carbocycles. The summed E-state index contributed by atoms with van der Waals surface area (Å²) in [4.78, 5) is 0. The number of nitrogens with one attached hydrogen (secondary N) is 1. The van der Waals surface area contributed by atoms with Crippen LogP contribution in [0, 0.1) is 30.2 Å².